The van der Waals surface area contributed by atoms with E-state index in [4.69, 9.17) is 4.74 Å². The third-order valence-electron chi connectivity index (χ3n) is 6.56. The Hall–Kier alpha value is -3.67. The lowest BCUT2D eigenvalue weighted by Crippen LogP contribution is -2.63. The van der Waals surface area contributed by atoms with Crippen molar-refractivity contribution in [3.8, 4) is 0 Å². The highest BCUT2D eigenvalue weighted by Crippen LogP contribution is 2.39. The van der Waals surface area contributed by atoms with Crippen LogP contribution in [-0.2, 0) is 26.7 Å². The Bertz CT molecular complexity index is 1380. The summed E-state index contributed by atoms with van der Waals surface area (Å²) in [6.07, 6.45) is -8.14. The maximum atomic E-state index is 13.3. The SMILES string of the molecule is CN1C(=O)[C@H]2CN(C(=O)CCOC[C@](C)([Si])Nc3cn[nH]c(=O)c3C(F)(F)F)CCN2c2ncc(C(F)(F)F)cc21. The number of hydrogen-bond acceptors (Lipinski definition) is 8. The molecule has 1 fully saturated rings. The van der Waals surface area contributed by atoms with Crippen molar-refractivity contribution < 1.29 is 40.7 Å². The zero-order valence-corrected chi connectivity index (χ0v) is 22.7. The highest BCUT2D eigenvalue weighted by Gasteiger charge is 2.43. The van der Waals surface area contributed by atoms with Crippen LogP contribution >= 0.6 is 0 Å². The largest absolute Gasteiger partial charge is 0.423 e. The lowest BCUT2D eigenvalue weighted by Gasteiger charge is -2.46. The standard InChI is InChI=1S/C23H24F6N7O4Si/c1-21(41,32-13-9-31-33-19(38)17(13)23(27,28)29)11-40-6-3-16(37)35-4-5-36-15(10-35)20(39)34(2)14-7-12(22(24,25)26)8-30-18(14)36/h7-9,15H,3-6,10-11H2,1-2H3,(H2,32,33,38)/t15-,21+/m1/s1. The minimum atomic E-state index is -4.93. The second-order valence-electron chi connectivity index (χ2n) is 9.76. The highest BCUT2D eigenvalue weighted by atomic mass is 28.1. The van der Waals surface area contributed by atoms with Crippen molar-refractivity contribution in [3.63, 3.8) is 0 Å². The first-order valence-electron chi connectivity index (χ1n) is 12.1. The van der Waals surface area contributed by atoms with Gasteiger partial charge in [-0.3, -0.25) is 14.4 Å². The van der Waals surface area contributed by atoms with Crippen LogP contribution in [0.4, 0.5) is 43.5 Å². The van der Waals surface area contributed by atoms with Gasteiger partial charge in [-0.1, -0.05) is 0 Å². The van der Waals surface area contributed by atoms with E-state index < -0.39 is 51.8 Å². The van der Waals surface area contributed by atoms with Crippen LogP contribution in [0.2, 0.25) is 0 Å². The molecule has 41 heavy (non-hydrogen) atoms. The molecule has 0 spiro atoms. The number of nitrogens with one attached hydrogen (secondary N) is 2. The number of aromatic nitrogens is 3. The molecular formula is C23H24F6N7O4Si. The Morgan fingerprint density at radius 1 is 1.17 bits per heavy atom. The average Bonchev–Trinajstić information content (AvgIpc) is 2.87. The molecule has 0 unspecified atom stereocenters. The molecule has 2 aromatic rings. The van der Waals surface area contributed by atoms with Gasteiger partial charge in [-0.2, -0.15) is 31.4 Å². The zero-order chi connectivity index (χ0) is 30.3. The van der Waals surface area contributed by atoms with Gasteiger partial charge >= 0.3 is 12.4 Å². The van der Waals surface area contributed by atoms with Gasteiger partial charge in [0.05, 0.1) is 59.6 Å². The average molecular weight is 605 g/mol. The molecule has 4 rings (SSSR count). The number of ether oxygens (including phenoxy) is 1. The summed E-state index contributed by atoms with van der Waals surface area (Å²) in [5.41, 5.74) is -4.38. The van der Waals surface area contributed by atoms with Crippen LogP contribution in [0.25, 0.3) is 0 Å². The molecule has 0 bridgehead atoms. The predicted molar refractivity (Wildman–Crippen MR) is 133 cm³/mol. The Kier molecular flexibility index (Phi) is 8.09. The molecular weight excluding hydrogens is 580 g/mol. The molecule has 0 aromatic carbocycles. The van der Waals surface area contributed by atoms with E-state index in [1.165, 1.54) is 18.9 Å². The van der Waals surface area contributed by atoms with Crippen LogP contribution in [-0.4, -0.2) is 93.2 Å². The second kappa shape index (κ2) is 11.0. The number of amides is 2. The fraction of sp³-hybridized carbons (Fsp3) is 0.522. The van der Waals surface area contributed by atoms with Crippen LogP contribution in [0.3, 0.4) is 0 Å². The van der Waals surface area contributed by atoms with Crippen molar-refractivity contribution in [3.05, 3.63) is 39.9 Å². The molecule has 0 saturated carbocycles. The third-order valence-corrected chi connectivity index (χ3v) is 6.83. The molecule has 2 N–H and O–H groups in total. The molecule has 4 heterocycles. The van der Waals surface area contributed by atoms with Crippen LogP contribution in [0.1, 0.15) is 24.5 Å². The first kappa shape index (κ1) is 30.3. The number of H-pyrrole nitrogens is 1. The summed E-state index contributed by atoms with van der Waals surface area (Å²) in [5, 5.41) is 6.38. The summed E-state index contributed by atoms with van der Waals surface area (Å²) in [5.74, 6) is -0.623. The Labute approximate surface area is 232 Å². The lowest BCUT2D eigenvalue weighted by molar-refractivity contribution is -0.138. The smallest absolute Gasteiger partial charge is 0.379 e. The van der Waals surface area contributed by atoms with Crippen LogP contribution in [0, 0.1) is 0 Å². The number of carbonyl (C=O) groups excluding carboxylic acids is 2. The number of anilines is 3. The van der Waals surface area contributed by atoms with Gasteiger partial charge in [-0.25, -0.2) is 10.1 Å². The molecule has 18 heteroatoms. The minimum Gasteiger partial charge on any atom is -0.379 e. The number of halogens is 6. The van der Waals surface area contributed by atoms with E-state index in [1.807, 2.05) is 0 Å². The summed E-state index contributed by atoms with van der Waals surface area (Å²) in [4.78, 5) is 45.5. The molecule has 11 nitrogen and oxygen atoms in total. The zero-order valence-electron chi connectivity index (χ0n) is 21.7. The van der Waals surface area contributed by atoms with Gasteiger partial charge in [-0.05, 0) is 13.0 Å². The van der Waals surface area contributed by atoms with E-state index in [9.17, 15) is 40.7 Å². The van der Waals surface area contributed by atoms with Crippen LogP contribution in [0.15, 0.2) is 23.3 Å². The maximum Gasteiger partial charge on any atom is 0.423 e. The first-order chi connectivity index (χ1) is 19.0. The highest BCUT2D eigenvalue weighted by molar-refractivity contribution is 6.16. The van der Waals surface area contributed by atoms with Crippen molar-refractivity contribution in [1.82, 2.24) is 20.1 Å². The number of alkyl halides is 6. The predicted octanol–water partition coefficient (Wildman–Crippen LogP) is 1.60. The number of likely N-dealkylation sites (N-methyl/N-ethyl adjacent to an activating group) is 1. The van der Waals surface area contributed by atoms with Gasteiger partial charge in [0, 0.05) is 31.5 Å². The molecule has 2 amide bonds. The van der Waals surface area contributed by atoms with Gasteiger partial charge in [-0.15, -0.1) is 0 Å². The van der Waals surface area contributed by atoms with Crippen LogP contribution in [0.5, 0.6) is 0 Å². The van der Waals surface area contributed by atoms with E-state index >= 15 is 0 Å². The maximum absolute atomic E-state index is 13.3. The molecule has 0 aliphatic carbocycles. The Morgan fingerprint density at radius 3 is 2.54 bits per heavy atom. The van der Waals surface area contributed by atoms with E-state index in [-0.39, 0.29) is 56.7 Å². The number of pyridine rings is 1. The van der Waals surface area contributed by atoms with Gasteiger partial charge in [0.1, 0.15) is 11.6 Å². The second-order valence-corrected chi connectivity index (χ2v) is 10.9. The number of fused-ring (bicyclic) bond motifs is 3. The minimum absolute atomic E-state index is 0.0166. The summed E-state index contributed by atoms with van der Waals surface area (Å²) < 4.78 is 84.8. The van der Waals surface area contributed by atoms with Crippen molar-refractivity contribution in [2.24, 2.45) is 0 Å². The monoisotopic (exact) mass is 604 g/mol. The van der Waals surface area contributed by atoms with Crippen molar-refractivity contribution in [2.45, 2.75) is 36.9 Å². The van der Waals surface area contributed by atoms with E-state index in [2.05, 4.69) is 25.6 Å². The third kappa shape index (κ3) is 6.47. The van der Waals surface area contributed by atoms with Gasteiger partial charge < -0.3 is 24.8 Å². The number of piperazine rings is 1. The van der Waals surface area contributed by atoms with Gasteiger partial charge in [0.2, 0.25) is 5.91 Å². The molecule has 1 saturated heterocycles. The fourth-order valence-corrected chi connectivity index (χ4v) is 4.82. The molecule has 221 valence electrons. The van der Waals surface area contributed by atoms with Crippen LogP contribution < -0.4 is 20.7 Å². The number of rotatable bonds is 7. The molecule has 2 aliphatic heterocycles. The summed E-state index contributed by atoms with van der Waals surface area (Å²) in [6, 6.07) is 0.0315. The summed E-state index contributed by atoms with van der Waals surface area (Å²) >= 11 is 0. The Balaban J connectivity index is 1.33. The van der Waals surface area contributed by atoms with Crippen molar-refractivity contribution >= 4 is 39.2 Å². The topological polar surface area (TPSA) is 124 Å². The first-order valence-corrected chi connectivity index (χ1v) is 12.6. The molecule has 2 aromatic heterocycles. The van der Waals surface area contributed by atoms with E-state index in [0.29, 0.717) is 6.20 Å². The summed E-state index contributed by atoms with van der Waals surface area (Å²) in [7, 11) is 4.62. The number of nitrogens with zero attached hydrogens (tertiary/aromatic N) is 5. The van der Waals surface area contributed by atoms with E-state index in [1.54, 1.807) is 10.00 Å². The fourth-order valence-electron chi connectivity index (χ4n) is 4.59. The summed E-state index contributed by atoms with van der Waals surface area (Å²) in [6.45, 7) is 1.48. The molecule has 2 aliphatic rings. The van der Waals surface area contributed by atoms with E-state index in [0.717, 1.165) is 17.2 Å². The van der Waals surface area contributed by atoms with Gasteiger partial charge in [0.15, 0.2) is 5.82 Å². The van der Waals surface area contributed by atoms with Crippen molar-refractivity contribution in [1.29, 1.82) is 0 Å². The molecule has 2 atom stereocenters. The van der Waals surface area contributed by atoms with Gasteiger partial charge in [0.25, 0.3) is 11.5 Å². The molecule has 3 radical (unpaired) electrons. The van der Waals surface area contributed by atoms with Crippen molar-refractivity contribution in [2.75, 3.05) is 55.0 Å². The normalized spacial score (nSPS) is 19.0. The number of aromatic amines is 1. The Morgan fingerprint density at radius 2 is 1.88 bits per heavy atom. The lowest BCUT2D eigenvalue weighted by atomic mass is 10.0. The number of carbonyl (C=O) groups is 2. The number of hydrogen-bond donors (Lipinski definition) is 2. The quantitative estimate of drug-likeness (QED) is 0.278.